The molecule has 0 aliphatic rings. The van der Waals surface area contributed by atoms with E-state index in [4.69, 9.17) is 23.2 Å². The molecular weight excluding hydrogens is 273 g/mol. The minimum absolute atomic E-state index is 0.201. The van der Waals surface area contributed by atoms with Crippen LogP contribution in [0.2, 0.25) is 10.0 Å². The van der Waals surface area contributed by atoms with Crippen molar-refractivity contribution in [1.29, 1.82) is 0 Å². The largest absolute Gasteiger partial charge is 0.478 e. The van der Waals surface area contributed by atoms with E-state index in [-0.39, 0.29) is 5.56 Å². The second-order valence-corrected chi connectivity index (χ2v) is 4.78. The second kappa shape index (κ2) is 4.75. The van der Waals surface area contributed by atoms with E-state index in [1.54, 1.807) is 19.1 Å². The number of benzene rings is 1. The minimum atomic E-state index is -1.01. The molecular formula is C13H11Cl2NO2. The van der Waals surface area contributed by atoms with Gasteiger partial charge < -0.3 is 5.11 Å². The van der Waals surface area contributed by atoms with Gasteiger partial charge in [0.15, 0.2) is 0 Å². The van der Waals surface area contributed by atoms with Crippen molar-refractivity contribution in [2.45, 2.75) is 20.3 Å². The molecule has 0 radical (unpaired) electrons. The molecule has 5 heteroatoms. The summed E-state index contributed by atoms with van der Waals surface area (Å²) in [5.74, 6) is -1.01. The van der Waals surface area contributed by atoms with Gasteiger partial charge >= 0.3 is 5.97 Å². The first kappa shape index (κ1) is 13.1. The van der Waals surface area contributed by atoms with Crippen molar-refractivity contribution in [2.24, 2.45) is 0 Å². The van der Waals surface area contributed by atoms with E-state index in [0.717, 1.165) is 0 Å². The molecule has 3 nitrogen and oxygen atoms in total. The lowest BCUT2D eigenvalue weighted by atomic mass is 9.99. The Bertz CT molecular complexity index is 653. The van der Waals surface area contributed by atoms with Crippen LogP contribution in [0.1, 0.15) is 28.5 Å². The summed E-state index contributed by atoms with van der Waals surface area (Å²) in [6.07, 6.45) is 0.583. The maximum absolute atomic E-state index is 11.5. The number of aromatic carboxylic acids is 1. The third kappa shape index (κ3) is 1.93. The van der Waals surface area contributed by atoms with Crippen molar-refractivity contribution in [2.75, 3.05) is 0 Å². The van der Waals surface area contributed by atoms with Gasteiger partial charge in [-0.1, -0.05) is 30.1 Å². The number of fused-ring (bicyclic) bond motifs is 1. The lowest BCUT2D eigenvalue weighted by molar-refractivity contribution is 0.0697. The zero-order chi connectivity index (χ0) is 13.4. The summed E-state index contributed by atoms with van der Waals surface area (Å²) < 4.78 is 0. The topological polar surface area (TPSA) is 50.2 Å². The SMILES string of the molecule is CCc1c(C)nc2c(Cl)ccc(Cl)c2c1C(=O)O. The van der Waals surface area contributed by atoms with Crippen molar-refractivity contribution < 1.29 is 9.90 Å². The Morgan fingerprint density at radius 1 is 1.33 bits per heavy atom. The quantitative estimate of drug-likeness (QED) is 0.902. The molecule has 2 aromatic rings. The van der Waals surface area contributed by atoms with Gasteiger partial charge in [-0.05, 0) is 31.0 Å². The number of nitrogens with zero attached hydrogens (tertiary/aromatic N) is 1. The Morgan fingerprint density at radius 3 is 2.50 bits per heavy atom. The Balaban J connectivity index is 3.06. The van der Waals surface area contributed by atoms with Gasteiger partial charge in [0.2, 0.25) is 0 Å². The van der Waals surface area contributed by atoms with Crippen LogP contribution in [-0.2, 0) is 6.42 Å². The van der Waals surface area contributed by atoms with Crippen LogP contribution in [0.4, 0.5) is 0 Å². The van der Waals surface area contributed by atoms with Crippen LogP contribution in [0.5, 0.6) is 0 Å². The molecule has 0 fully saturated rings. The first-order valence-corrected chi connectivity index (χ1v) is 6.23. The molecule has 1 heterocycles. The maximum atomic E-state index is 11.5. The molecule has 0 amide bonds. The first-order valence-electron chi connectivity index (χ1n) is 5.47. The highest BCUT2D eigenvalue weighted by Gasteiger charge is 2.20. The molecule has 0 atom stereocenters. The zero-order valence-corrected chi connectivity index (χ0v) is 11.4. The number of hydrogen-bond acceptors (Lipinski definition) is 2. The average Bonchev–Trinajstić information content (AvgIpc) is 2.32. The fourth-order valence-corrected chi connectivity index (χ4v) is 2.57. The van der Waals surface area contributed by atoms with Gasteiger partial charge in [-0.15, -0.1) is 0 Å². The van der Waals surface area contributed by atoms with E-state index < -0.39 is 5.97 Å². The third-order valence-corrected chi connectivity index (χ3v) is 3.53. The Morgan fingerprint density at radius 2 is 1.94 bits per heavy atom. The molecule has 1 aromatic heterocycles. The van der Waals surface area contributed by atoms with Gasteiger partial charge in [-0.3, -0.25) is 4.98 Å². The number of carbonyl (C=O) groups is 1. The highest BCUT2D eigenvalue weighted by molar-refractivity contribution is 6.41. The highest BCUT2D eigenvalue weighted by Crippen LogP contribution is 2.33. The van der Waals surface area contributed by atoms with Crippen molar-refractivity contribution >= 4 is 40.1 Å². The molecule has 1 N–H and O–H groups in total. The molecule has 0 aliphatic heterocycles. The normalized spacial score (nSPS) is 10.9. The van der Waals surface area contributed by atoms with Crippen LogP contribution in [0.25, 0.3) is 10.9 Å². The van der Waals surface area contributed by atoms with Crippen LogP contribution in [0.3, 0.4) is 0 Å². The lowest BCUT2D eigenvalue weighted by Crippen LogP contribution is -2.07. The van der Waals surface area contributed by atoms with Crippen LogP contribution >= 0.6 is 23.2 Å². The van der Waals surface area contributed by atoms with Crippen LogP contribution in [0, 0.1) is 6.92 Å². The summed E-state index contributed by atoms with van der Waals surface area (Å²) in [7, 11) is 0. The predicted octanol–water partition coefficient (Wildman–Crippen LogP) is 4.11. The van der Waals surface area contributed by atoms with Gasteiger partial charge in [-0.2, -0.15) is 0 Å². The number of pyridine rings is 1. The van der Waals surface area contributed by atoms with Crippen molar-refractivity contribution in [3.63, 3.8) is 0 Å². The third-order valence-electron chi connectivity index (χ3n) is 2.91. The summed E-state index contributed by atoms with van der Waals surface area (Å²) in [4.78, 5) is 15.9. The van der Waals surface area contributed by atoms with Gasteiger partial charge in [0, 0.05) is 11.1 Å². The molecule has 2 rings (SSSR count). The average molecular weight is 284 g/mol. The Hall–Kier alpha value is -1.32. The Labute approximate surface area is 114 Å². The summed E-state index contributed by atoms with van der Waals surface area (Å²) in [6, 6.07) is 3.21. The van der Waals surface area contributed by atoms with E-state index in [9.17, 15) is 9.90 Å². The van der Waals surface area contributed by atoms with Crippen LogP contribution in [0.15, 0.2) is 12.1 Å². The van der Waals surface area contributed by atoms with Gasteiger partial charge in [0.05, 0.1) is 21.1 Å². The number of carboxylic acids is 1. The smallest absolute Gasteiger partial charge is 0.336 e. The van der Waals surface area contributed by atoms with Crippen LogP contribution < -0.4 is 0 Å². The molecule has 0 bridgehead atoms. The molecule has 0 aliphatic carbocycles. The van der Waals surface area contributed by atoms with Crippen molar-refractivity contribution in [3.05, 3.63) is 39.0 Å². The summed E-state index contributed by atoms with van der Waals surface area (Å²) in [6.45, 7) is 3.67. The molecule has 0 saturated heterocycles. The number of carboxylic acid groups (broad SMARTS) is 1. The molecule has 94 valence electrons. The molecule has 0 unspecified atom stereocenters. The molecule has 0 spiro atoms. The standard InChI is InChI=1S/C13H11Cl2NO2/c1-3-7-6(2)16-12-9(15)5-4-8(14)11(12)10(7)13(17)18/h4-5H,3H2,1-2H3,(H,17,18). The number of aryl methyl sites for hydroxylation is 1. The Kier molecular flexibility index (Phi) is 3.46. The van der Waals surface area contributed by atoms with E-state index in [2.05, 4.69) is 4.98 Å². The maximum Gasteiger partial charge on any atom is 0.336 e. The van der Waals surface area contributed by atoms with E-state index >= 15 is 0 Å². The number of halogens is 2. The van der Waals surface area contributed by atoms with Gasteiger partial charge in [0.25, 0.3) is 0 Å². The molecule has 18 heavy (non-hydrogen) atoms. The van der Waals surface area contributed by atoms with Gasteiger partial charge in [-0.25, -0.2) is 4.79 Å². The van der Waals surface area contributed by atoms with Crippen molar-refractivity contribution in [1.82, 2.24) is 4.98 Å². The number of hydrogen-bond donors (Lipinski definition) is 1. The zero-order valence-electron chi connectivity index (χ0n) is 9.92. The predicted molar refractivity (Wildman–Crippen MR) is 72.8 cm³/mol. The fourth-order valence-electron chi connectivity index (χ4n) is 2.12. The van der Waals surface area contributed by atoms with E-state index in [1.807, 2.05) is 6.92 Å². The molecule has 1 aromatic carbocycles. The van der Waals surface area contributed by atoms with Crippen molar-refractivity contribution in [3.8, 4) is 0 Å². The number of aromatic nitrogens is 1. The summed E-state index contributed by atoms with van der Waals surface area (Å²) >= 11 is 12.2. The lowest BCUT2D eigenvalue weighted by Gasteiger charge is -2.12. The minimum Gasteiger partial charge on any atom is -0.478 e. The molecule has 0 saturated carbocycles. The van der Waals surface area contributed by atoms with E-state index in [1.165, 1.54) is 0 Å². The van der Waals surface area contributed by atoms with Gasteiger partial charge in [0.1, 0.15) is 0 Å². The monoisotopic (exact) mass is 283 g/mol. The summed E-state index contributed by atoms with van der Waals surface area (Å²) in [5.41, 5.74) is 2.01. The first-order chi connectivity index (χ1) is 8.47. The van der Waals surface area contributed by atoms with Crippen LogP contribution in [-0.4, -0.2) is 16.1 Å². The second-order valence-electron chi connectivity index (χ2n) is 3.96. The summed E-state index contributed by atoms with van der Waals surface area (Å²) in [5, 5.41) is 10.6. The fraction of sp³-hybridized carbons (Fsp3) is 0.231. The highest BCUT2D eigenvalue weighted by atomic mass is 35.5. The number of rotatable bonds is 2. The van der Waals surface area contributed by atoms with E-state index in [0.29, 0.717) is 38.6 Å².